The Hall–Kier alpha value is -1.57. The first-order valence-corrected chi connectivity index (χ1v) is 6.28. The van der Waals surface area contributed by atoms with Gasteiger partial charge in [0, 0.05) is 13.1 Å². The summed E-state index contributed by atoms with van der Waals surface area (Å²) < 4.78 is 27.4. The predicted molar refractivity (Wildman–Crippen MR) is 58.9 cm³/mol. The molecule has 0 aromatic carbocycles. The van der Waals surface area contributed by atoms with Crippen LogP contribution < -0.4 is 10.0 Å². The number of guanidine groups is 1. The normalized spacial score (nSPS) is 17.6. The molecule has 2 rings (SSSR count). The van der Waals surface area contributed by atoms with E-state index in [9.17, 15) is 8.42 Å². The van der Waals surface area contributed by atoms with Crippen LogP contribution in [0.2, 0.25) is 0 Å². The molecule has 1 aromatic heterocycles. The lowest BCUT2D eigenvalue weighted by atomic mass is 10.4. The molecule has 2 heterocycles. The van der Waals surface area contributed by atoms with Crippen molar-refractivity contribution >= 4 is 21.8 Å². The molecular weight excluding hydrogens is 230 g/mol. The predicted octanol–water partition coefficient (Wildman–Crippen LogP) is -0.302. The molecule has 7 nitrogen and oxygen atoms in total. The summed E-state index contributed by atoms with van der Waals surface area (Å²) in [4.78, 5) is 7.96. The second kappa shape index (κ2) is 3.48. The summed E-state index contributed by atoms with van der Waals surface area (Å²) in [5.41, 5.74) is 0. The first-order chi connectivity index (χ1) is 7.40. The van der Waals surface area contributed by atoms with E-state index in [0.29, 0.717) is 5.82 Å². The number of hydrogen-bond acceptors (Lipinski definition) is 5. The van der Waals surface area contributed by atoms with Crippen molar-refractivity contribution in [3.8, 4) is 0 Å². The quantitative estimate of drug-likeness (QED) is 0.708. The van der Waals surface area contributed by atoms with Crippen molar-refractivity contribution in [2.45, 2.75) is 24.9 Å². The molecule has 0 bridgehead atoms. The van der Waals surface area contributed by atoms with Gasteiger partial charge in [-0.3, -0.25) is 0 Å². The van der Waals surface area contributed by atoms with Crippen molar-refractivity contribution in [2.24, 2.45) is 12.0 Å². The Morgan fingerprint density at radius 2 is 2.19 bits per heavy atom. The van der Waals surface area contributed by atoms with E-state index in [0.717, 1.165) is 0 Å². The van der Waals surface area contributed by atoms with Gasteiger partial charge in [0.2, 0.25) is 11.0 Å². The summed E-state index contributed by atoms with van der Waals surface area (Å²) in [6.45, 7) is 3.80. The Morgan fingerprint density at radius 1 is 1.50 bits per heavy atom. The van der Waals surface area contributed by atoms with Crippen LogP contribution in [-0.2, 0) is 17.1 Å². The highest BCUT2D eigenvalue weighted by molar-refractivity contribution is 7.90. The van der Waals surface area contributed by atoms with Gasteiger partial charge >= 0.3 is 0 Å². The standard InChI is InChI=1S/C8H13N5O2S/c1-5(2)10-8-11-6-7(9-4-13(6)3)16(14,15)12-8/h4-5H,1-3H3,(H2,10,11,12). The van der Waals surface area contributed by atoms with Crippen LogP contribution in [0.25, 0.3) is 0 Å². The molecule has 0 saturated heterocycles. The van der Waals surface area contributed by atoms with Crippen LogP contribution >= 0.6 is 0 Å². The minimum absolute atomic E-state index is 0.0377. The number of aryl methyl sites for hydroxylation is 1. The fraction of sp³-hybridized carbons (Fsp3) is 0.500. The number of rotatable bonds is 1. The van der Waals surface area contributed by atoms with Crippen LogP contribution in [0.15, 0.2) is 16.3 Å². The van der Waals surface area contributed by atoms with E-state index in [1.807, 2.05) is 13.8 Å². The van der Waals surface area contributed by atoms with E-state index in [4.69, 9.17) is 0 Å². The summed E-state index contributed by atoms with van der Waals surface area (Å²) in [5.74, 6) is 0.563. The van der Waals surface area contributed by atoms with Gasteiger partial charge in [0.1, 0.15) is 0 Å². The summed E-state index contributed by atoms with van der Waals surface area (Å²) in [6, 6.07) is 0.0937. The van der Waals surface area contributed by atoms with E-state index in [1.165, 1.54) is 6.33 Å². The Morgan fingerprint density at radius 3 is 2.81 bits per heavy atom. The van der Waals surface area contributed by atoms with Gasteiger partial charge in [-0.15, -0.1) is 0 Å². The van der Waals surface area contributed by atoms with Crippen molar-refractivity contribution in [3.63, 3.8) is 0 Å². The summed E-state index contributed by atoms with van der Waals surface area (Å²) in [5, 5.41) is 2.88. The average molecular weight is 243 g/mol. The summed E-state index contributed by atoms with van der Waals surface area (Å²) >= 11 is 0. The number of sulfonamides is 1. The lowest BCUT2D eigenvalue weighted by Gasteiger charge is -2.18. The van der Waals surface area contributed by atoms with Crippen molar-refractivity contribution in [3.05, 3.63) is 6.33 Å². The third-order valence-corrected chi connectivity index (χ3v) is 3.26. The Kier molecular flexibility index (Phi) is 2.38. The maximum Gasteiger partial charge on any atom is 0.285 e. The summed E-state index contributed by atoms with van der Waals surface area (Å²) in [6.07, 6.45) is 1.42. The van der Waals surface area contributed by atoms with Crippen molar-refractivity contribution in [1.82, 2.24) is 19.6 Å². The van der Waals surface area contributed by atoms with Crippen LogP contribution in [0.3, 0.4) is 0 Å². The second-order valence-electron chi connectivity index (χ2n) is 3.85. The van der Waals surface area contributed by atoms with E-state index < -0.39 is 10.0 Å². The number of nitrogens with one attached hydrogen (secondary N) is 2. The zero-order valence-corrected chi connectivity index (χ0v) is 10.0. The minimum atomic E-state index is -3.59. The van der Waals surface area contributed by atoms with E-state index in [-0.39, 0.29) is 17.0 Å². The van der Waals surface area contributed by atoms with E-state index >= 15 is 0 Å². The lowest BCUT2D eigenvalue weighted by molar-refractivity contribution is 0.585. The van der Waals surface area contributed by atoms with Gasteiger partial charge in [0.25, 0.3) is 10.0 Å². The van der Waals surface area contributed by atoms with Crippen molar-refractivity contribution in [1.29, 1.82) is 0 Å². The third kappa shape index (κ3) is 1.75. The molecule has 0 radical (unpaired) electrons. The molecule has 0 atom stereocenters. The molecule has 1 aliphatic rings. The molecule has 88 valence electrons. The topological polar surface area (TPSA) is 88.4 Å². The zero-order chi connectivity index (χ0) is 11.9. The summed E-state index contributed by atoms with van der Waals surface area (Å²) in [7, 11) is -1.89. The van der Waals surface area contributed by atoms with Gasteiger partial charge in [-0.2, -0.15) is 13.4 Å². The molecule has 0 unspecified atom stereocenters. The Bertz CT molecular complexity index is 543. The monoisotopic (exact) mass is 243 g/mol. The van der Waals surface area contributed by atoms with Gasteiger partial charge in [-0.05, 0) is 13.8 Å². The van der Waals surface area contributed by atoms with Crippen LogP contribution in [-0.4, -0.2) is 30.0 Å². The fourth-order valence-corrected chi connectivity index (χ4v) is 2.43. The molecule has 0 saturated carbocycles. The number of nitrogens with zero attached hydrogens (tertiary/aromatic N) is 3. The second-order valence-corrected chi connectivity index (χ2v) is 5.45. The molecule has 0 amide bonds. The molecule has 1 aromatic rings. The molecular formula is C8H13N5O2S. The maximum absolute atomic E-state index is 11.8. The van der Waals surface area contributed by atoms with Gasteiger partial charge in [-0.1, -0.05) is 0 Å². The first-order valence-electron chi connectivity index (χ1n) is 4.79. The molecule has 0 aliphatic carbocycles. The first kappa shape index (κ1) is 10.9. The number of imidazole rings is 1. The van der Waals surface area contributed by atoms with Crippen molar-refractivity contribution < 1.29 is 8.42 Å². The lowest BCUT2D eigenvalue weighted by Crippen LogP contribution is -2.45. The van der Waals surface area contributed by atoms with Crippen LogP contribution in [0, 0.1) is 0 Å². The SMILES string of the molecule is CC(C)NC1=Nc2c(ncn2C)S(=O)(=O)N1. The largest absolute Gasteiger partial charge is 0.353 e. The van der Waals surface area contributed by atoms with Crippen LogP contribution in [0.4, 0.5) is 5.82 Å². The van der Waals surface area contributed by atoms with Gasteiger partial charge < -0.3 is 9.88 Å². The van der Waals surface area contributed by atoms with Crippen LogP contribution in [0.1, 0.15) is 13.8 Å². The van der Waals surface area contributed by atoms with Crippen molar-refractivity contribution in [2.75, 3.05) is 0 Å². The maximum atomic E-state index is 11.8. The highest BCUT2D eigenvalue weighted by Crippen LogP contribution is 2.24. The van der Waals surface area contributed by atoms with Gasteiger partial charge in [0.15, 0.2) is 5.82 Å². The zero-order valence-electron chi connectivity index (χ0n) is 9.22. The molecule has 0 fully saturated rings. The number of fused-ring (bicyclic) bond motifs is 1. The fourth-order valence-electron chi connectivity index (χ4n) is 1.36. The van der Waals surface area contributed by atoms with Gasteiger partial charge in [-0.25, -0.2) is 9.71 Å². The Labute approximate surface area is 93.6 Å². The molecule has 16 heavy (non-hydrogen) atoms. The molecule has 1 aliphatic heterocycles. The smallest absolute Gasteiger partial charge is 0.285 e. The number of hydrogen-bond donors (Lipinski definition) is 2. The Balaban J connectivity index is 2.50. The molecule has 8 heteroatoms. The average Bonchev–Trinajstić information content (AvgIpc) is 2.46. The highest BCUT2D eigenvalue weighted by Gasteiger charge is 2.29. The van der Waals surface area contributed by atoms with Gasteiger partial charge in [0.05, 0.1) is 6.33 Å². The van der Waals surface area contributed by atoms with Crippen LogP contribution in [0.5, 0.6) is 0 Å². The third-order valence-electron chi connectivity index (χ3n) is 2.00. The molecule has 0 spiro atoms. The van der Waals surface area contributed by atoms with E-state index in [2.05, 4.69) is 20.0 Å². The van der Waals surface area contributed by atoms with E-state index in [1.54, 1.807) is 11.6 Å². The molecule has 2 N–H and O–H groups in total. The highest BCUT2D eigenvalue weighted by atomic mass is 32.2. The number of aliphatic imine (C=N–C) groups is 1. The minimum Gasteiger partial charge on any atom is -0.353 e. The number of aromatic nitrogens is 2.